The highest BCUT2D eigenvalue weighted by Gasteiger charge is 2.21. The molecule has 0 N–H and O–H groups in total. The quantitative estimate of drug-likeness (QED) is 0.530. The lowest BCUT2D eigenvalue weighted by Gasteiger charge is -2.36. The maximum atomic E-state index is 3.48. The molecular formula is C12H16BrIN2S. The zero-order chi connectivity index (χ0) is 12.3. The minimum absolute atomic E-state index is 0.518. The second-order valence-corrected chi connectivity index (χ2v) is 7.01. The Kier molecular flexibility index (Phi) is 5.60. The first-order valence-corrected chi connectivity index (χ1v) is 9.85. The zero-order valence-electron chi connectivity index (χ0n) is 9.77. The van der Waals surface area contributed by atoms with Gasteiger partial charge in [-0.3, -0.25) is 4.90 Å². The van der Waals surface area contributed by atoms with Gasteiger partial charge in [-0.2, -0.15) is 0 Å². The highest BCUT2D eigenvalue weighted by Crippen LogP contribution is 2.26. The summed E-state index contributed by atoms with van der Waals surface area (Å²) in [7, 11) is 1.83. The van der Waals surface area contributed by atoms with Gasteiger partial charge < -0.3 is 0 Å². The molecule has 2 nitrogen and oxygen atoms in total. The van der Waals surface area contributed by atoms with E-state index in [0.29, 0.717) is 6.04 Å². The van der Waals surface area contributed by atoms with Crippen LogP contribution in [0.15, 0.2) is 28.7 Å². The number of benzene rings is 1. The average molecular weight is 427 g/mol. The molecule has 1 heterocycles. The third-order valence-electron chi connectivity index (χ3n) is 3.27. The van der Waals surface area contributed by atoms with Crippen LogP contribution < -0.4 is 0 Å². The van der Waals surface area contributed by atoms with E-state index in [4.69, 9.17) is 0 Å². The van der Waals surface area contributed by atoms with Crippen molar-refractivity contribution in [1.29, 1.82) is 0 Å². The van der Waals surface area contributed by atoms with Crippen molar-refractivity contribution in [3.63, 3.8) is 0 Å². The van der Waals surface area contributed by atoms with Crippen molar-refractivity contribution in [2.24, 2.45) is 0 Å². The molecule has 1 aliphatic heterocycles. The molecular weight excluding hydrogens is 411 g/mol. The lowest BCUT2D eigenvalue weighted by molar-refractivity contribution is 0.152. The van der Waals surface area contributed by atoms with E-state index >= 15 is 0 Å². The SMILES string of the molecule is CC(c1ccc(Br)cc1)N1CCN(SI)CC1. The molecule has 1 atom stereocenters. The molecule has 0 saturated carbocycles. The van der Waals surface area contributed by atoms with Crippen LogP contribution in [-0.2, 0) is 0 Å². The van der Waals surface area contributed by atoms with E-state index in [2.05, 4.69) is 77.5 Å². The Balaban J connectivity index is 1.96. The fourth-order valence-electron chi connectivity index (χ4n) is 2.11. The Hall–Kier alpha value is 0.700. The van der Waals surface area contributed by atoms with E-state index in [-0.39, 0.29) is 0 Å². The number of nitrogens with zero attached hydrogens (tertiary/aromatic N) is 2. The number of hydrogen-bond donors (Lipinski definition) is 0. The second kappa shape index (κ2) is 6.75. The average Bonchev–Trinajstić information content (AvgIpc) is 2.39. The van der Waals surface area contributed by atoms with E-state index in [1.165, 1.54) is 5.56 Å². The topological polar surface area (TPSA) is 6.48 Å². The highest BCUT2D eigenvalue weighted by atomic mass is 127. The summed E-state index contributed by atoms with van der Waals surface area (Å²) in [6.45, 7) is 6.94. The van der Waals surface area contributed by atoms with Crippen LogP contribution in [0.4, 0.5) is 0 Å². The molecule has 0 spiro atoms. The molecule has 0 aliphatic carbocycles. The molecule has 0 radical (unpaired) electrons. The summed E-state index contributed by atoms with van der Waals surface area (Å²) < 4.78 is 3.57. The molecule has 0 bridgehead atoms. The largest absolute Gasteiger partial charge is 0.294 e. The van der Waals surface area contributed by atoms with Gasteiger partial charge in [-0.05, 0) is 33.7 Å². The minimum atomic E-state index is 0.518. The van der Waals surface area contributed by atoms with Gasteiger partial charge in [0.05, 0.1) is 0 Å². The standard InChI is InChI=1S/C12H16BrIN2S/c1-10(11-2-4-12(13)5-3-11)15-6-8-16(17-14)9-7-15/h2-5,10H,6-9H2,1H3. The van der Waals surface area contributed by atoms with Gasteiger partial charge in [0.25, 0.3) is 0 Å². The van der Waals surface area contributed by atoms with Crippen LogP contribution in [0.25, 0.3) is 0 Å². The van der Waals surface area contributed by atoms with Gasteiger partial charge in [-0.15, -0.1) is 0 Å². The van der Waals surface area contributed by atoms with E-state index < -0.39 is 0 Å². The number of hydrogen-bond acceptors (Lipinski definition) is 3. The van der Waals surface area contributed by atoms with Crippen molar-refractivity contribution >= 4 is 46.3 Å². The maximum Gasteiger partial charge on any atom is 0.0320 e. The Morgan fingerprint density at radius 3 is 2.29 bits per heavy atom. The molecule has 1 aliphatic rings. The van der Waals surface area contributed by atoms with Crippen molar-refractivity contribution in [2.75, 3.05) is 26.2 Å². The van der Waals surface area contributed by atoms with Gasteiger partial charge in [0.2, 0.25) is 0 Å². The summed E-state index contributed by atoms with van der Waals surface area (Å²) in [5.41, 5.74) is 1.41. The fourth-order valence-corrected chi connectivity index (χ4v) is 3.86. The van der Waals surface area contributed by atoms with Crippen LogP contribution in [0, 0.1) is 0 Å². The van der Waals surface area contributed by atoms with Gasteiger partial charge in [0, 0.05) is 57.9 Å². The predicted octanol–water partition coefficient (Wildman–Crippen LogP) is 4.13. The third kappa shape index (κ3) is 3.83. The molecule has 0 aromatic heterocycles. The molecule has 1 unspecified atom stereocenters. The van der Waals surface area contributed by atoms with Crippen molar-refractivity contribution in [3.05, 3.63) is 34.3 Å². The fraction of sp³-hybridized carbons (Fsp3) is 0.500. The van der Waals surface area contributed by atoms with Crippen molar-refractivity contribution in [1.82, 2.24) is 9.21 Å². The monoisotopic (exact) mass is 426 g/mol. The minimum Gasteiger partial charge on any atom is -0.294 e. The van der Waals surface area contributed by atoms with Gasteiger partial charge in [-0.1, -0.05) is 28.1 Å². The second-order valence-electron chi connectivity index (χ2n) is 4.26. The lowest BCUT2D eigenvalue weighted by Crippen LogP contribution is -2.43. The molecule has 94 valence electrons. The van der Waals surface area contributed by atoms with Crippen LogP contribution in [0.3, 0.4) is 0 Å². The molecule has 1 saturated heterocycles. The van der Waals surface area contributed by atoms with Crippen molar-refractivity contribution in [3.8, 4) is 0 Å². The van der Waals surface area contributed by atoms with E-state index in [9.17, 15) is 0 Å². The Morgan fingerprint density at radius 1 is 1.18 bits per heavy atom. The summed E-state index contributed by atoms with van der Waals surface area (Å²) in [4.78, 5) is 2.56. The normalized spacial score (nSPS) is 20.4. The van der Waals surface area contributed by atoms with Crippen LogP contribution in [0.2, 0.25) is 0 Å². The van der Waals surface area contributed by atoms with Gasteiger partial charge in [0.15, 0.2) is 0 Å². The lowest BCUT2D eigenvalue weighted by atomic mass is 10.1. The van der Waals surface area contributed by atoms with Gasteiger partial charge in [-0.25, -0.2) is 4.31 Å². The van der Waals surface area contributed by atoms with Crippen LogP contribution in [-0.4, -0.2) is 35.4 Å². The molecule has 1 aromatic carbocycles. The van der Waals surface area contributed by atoms with Gasteiger partial charge >= 0.3 is 0 Å². The van der Waals surface area contributed by atoms with E-state index in [0.717, 1.165) is 30.7 Å². The van der Waals surface area contributed by atoms with Crippen LogP contribution >= 0.6 is 46.3 Å². The molecule has 2 rings (SSSR count). The highest BCUT2D eigenvalue weighted by molar-refractivity contribution is 14.2. The van der Waals surface area contributed by atoms with E-state index in [1.54, 1.807) is 0 Å². The first-order chi connectivity index (χ1) is 8.20. The Bertz CT molecular complexity index is 352. The third-order valence-corrected chi connectivity index (χ3v) is 6.03. The summed E-state index contributed by atoms with van der Waals surface area (Å²) in [5.74, 6) is 0. The summed E-state index contributed by atoms with van der Waals surface area (Å²) in [6.07, 6.45) is 0. The first-order valence-electron chi connectivity index (χ1n) is 5.74. The predicted molar refractivity (Wildman–Crippen MR) is 87.3 cm³/mol. The smallest absolute Gasteiger partial charge is 0.0320 e. The summed E-state index contributed by atoms with van der Waals surface area (Å²) in [5, 5.41) is 0. The Labute approximate surface area is 128 Å². The Morgan fingerprint density at radius 2 is 1.76 bits per heavy atom. The molecule has 17 heavy (non-hydrogen) atoms. The number of halogens is 2. The van der Waals surface area contributed by atoms with Crippen molar-refractivity contribution < 1.29 is 0 Å². The number of rotatable bonds is 3. The molecule has 1 fully saturated rings. The summed E-state index contributed by atoms with van der Waals surface area (Å²) in [6, 6.07) is 9.21. The van der Waals surface area contributed by atoms with E-state index in [1.807, 2.05) is 9.12 Å². The van der Waals surface area contributed by atoms with Crippen LogP contribution in [0.5, 0.6) is 0 Å². The first kappa shape index (κ1) is 14.1. The van der Waals surface area contributed by atoms with Crippen molar-refractivity contribution in [2.45, 2.75) is 13.0 Å². The molecule has 5 heteroatoms. The number of piperazine rings is 1. The molecule has 0 amide bonds. The van der Waals surface area contributed by atoms with Gasteiger partial charge in [0.1, 0.15) is 0 Å². The zero-order valence-corrected chi connectivity index (χ0v) is 14.3. The maximum absolute atomic E-state index is 3.48. The summed E-state index contributed by atoms with van der Waals surface area (Å²) >= 11 is 5.85. The van der Waals surface area contributed by atoms with Crippen LogP contribution in [0.1, 0.15) is 18.5 Å². The molecule has 1 aromatic rings.